The van der Waals surface area contributed by atoms with Crippen LogP contribution in [0.2, 0.25) is 0 Å². The van der Waals surface area contributed by atoms with Gasteiger partial charge < -0.3 is 5.73 Å². The summed E-state index contributed by atoms with van der Waals surface area (Å²) in [7, 11) is 0. The van der Waals surface area contributed by atoms with Crippen molar-refractivity contribution in [3.63, 3.8) is 0 Å². The molecule has 0 unspecified atom stereocenters. The Morgan fingerprint density at radius 2 is 1.83 bits per heavy atom. The van der Waals surface area contributed by atoms with Crippen LogP contribution in [-0.2, 0) is 0 Å². The number of anilines is 1. The molecule has 92 valence electrons. The molecule has 0 atom stereocenters. The van der Waals surface area contributed by atoms with E-state index in [4.69, 9.17) is 5.73 Å². The van der Waals surface area contributed by atoms with Crippen molar-refractivity contribution >= 4 is 65.9 Å². The van der Waals surface area contributed by atoms with E-state index in [1.807, 2.05) is 18.2 Å². The average Bonchev–Trinajstić information content (AvgIpc) is 2.35. The summed E-state index contributed by atoms with van der Waals surface area (Å²) in [5, 5.41) is 0. The maximum Gasteiger partial charge on any atom is 0.194 e. The molecule has 0 heterocycles. The summed E-state index contributed by atoms with van der Waals surface area (Å²) in [5.41, 5.74) is 7.63. The minimum Gasteiger partial charge on any atom is -0.398 e. The number of nitrogens with two attached hydrogens (primary N) is 1. The van der Waals surface area contributed by atoms with Gasteiger partial charge in [-0.25, -0.2) is 0 Å². The van der Waals surface area contributed by atoms with Gasteiger partial charge in [-0.2, -0.15) is 0 Å². The number of rotatable bonds is 2. The van der Waals surface area contributed by atoms with Gasteiger partial charge in [0.25, 0.3) is 0 Å². The topological polar surface area (TPSA) is 43.1 Å². The Kier molecular flexibility index (Phi) is 4.45. The van der Waals surface area contributed by atoms with E-state index in [2.05, 4.69) is 54.5 Å². The Balaban J connectivity index is 2.47. The van der Waals surface area contributed by atoms with Gasteiger partial charge in [-0.05, 0) is 74.9 Å². The zero-order valence-electron chi connectivity index (χ0n) is 9.08. The van der Waals surface area contributed by atoms with E-state index in [9.17, 15) is 4.79 Å². The standard InChI is InChI=1S/C13H8Br2INO/c14-8-2-3-11(16)9(6-8)13(18)7-1-4-12(17)10(15)5-7/h1-6H,17H2. The number of carbonyl (C=O) groups is 1. The maximum absolute atomic E-state index is 12.4. The lowest BCUT2D eigenvalue weighted by atomic mass is 10.0. The normalized spacial score (nSPS) is 10.4. The lowest BCUT2D eigenvalue weighted by Crippen LogP contribution is -2.04. The monoisotopic (exact) mass is 479 g/mol. The molecule has 2 aromatic carbocycles. The lowest BCUT2D eigenvalue weighted by Gasteiger charge is -2.06. The first-order valence-electron chi connectivity index (χ1n) is 5.04. The van der Waals surface area contributed by atoms with Crippen molar-refractivity contribution in [3.8, 4) is 0 Å². The Morgan fingerprint density at radius 1 is 1.11 bits per heavy atom. The first-order valence-corrected chi connectivity index (χ1v) is 7.70. The summed E-state index contributed by atoms with van der Waals surface area (Å²) >= 11 is 8.87. The fraction of sp³-hybridized carbons (Fsp3) is 0. The average molecular weight is 481 g/mol. The van der Waals surface area contributed by atoms with Crippen LogP contribution < -0.4 is 5.73 Å². The summed E-state index contributed by atoms with van der Waals surface area (Å²) < 4.78 is 2.55. The summed E-state index contributed by atoms with van der Waals surface area (Å²) in [4.78, 5) is 12.4. The van der Waals surface area contributed by atoms with Crippen molar-refractivity contribution in [3.05, 3.63) is 60.0 Å². The van der Waals surface area contributed by atoms with E-state index in [1.165, 1.54) is 0 Å². The Bertz CT molecular complexity index is 628. The molecule has 0 saturated heterocycles. The maximum atomic E-state index is 12.4. The molecule has 2 aromatic rings. The molecule has 2 N–H and O–H groups in total. The molecule has 0 aromatic heterocycles. The van der Waals surface area contributed by atoms with Crippen LogP contribution in [0.5, 0.6) is 0 Å². The van der Waals surface area contributed by atoms with Crippen molar-refractivity contribution in [1.82, 2.24) is 0 Å². The van der Waals surface area contributed by atoms with E-state index < -0.39 is 0 Å². The third-order valence-electron chi connectivity index (χ3n) is 2.44. The molecule has 18 heavy (non-hydrogen) atoms. The summed E-state index contributed by atoms with van der Waals surface area (Å²) in [6.45, 7) is 0. The molecule has 2 nitrogen and oxygen atoms in total. The number of carbonyl (C=O) groups excluding carboxylic acids is 1. The van der Waals surface area contributed by atoms with Gasteiger partial charge in [0.15, 0.2) is 5.78 Å². The zero-order chi connectivity index (χ0) is 13.3. The second-order valence-corrected chi connectivity index (χ2v) is 6.62. The molecule has 0 spiro atoms. The number of nitrogen functional groups attached to an aromatic ring is 1. The van der Waals surface area contributed by atoms with Gasteiger partial charge in [0, 0.05) is 29.3 Å². The number of halogens is 3. The molecule has 0 aliphatic heterocycles. The van der Waals surface area contributed by atoms with Gasteiger partial charge in [0.05, 0.1) is 0 Å². The fourth-order valence-electron chi connectivity index (χ4n) is 1.50. The predicted octanol–water partition coefficient (Wildman–Crippen LogP) is 4.63. The molecule has 0 aliphatic carbocycles. The number of ketones is 1. The highest BCUT2D eigenvalue weighted by atomic mass is 127. The summed E-state index contributed by atoms with van der Waals surface area (Å²) in [5.74, 6) is -0.0126. The van der Waals surface area contributed by atoms with E-state index in [0.717, 1.165) is 12.5 Å². The van der Waals surface area contributed by atoms with Crippen LogP contribution in [-0.4, -0.2) is 5.78 Å². The second-order valence-electron chi connectivity index (χ2n) is 3.69. The first-order chi connectivity index (χ1) is 8.49. The largest absolute Gasteiger partial charge is 0.398 e. The van der Waals surface area contributed by atoms with Gasteiger partial charge in [0.2, 0.25) is 0 Å². The van der Waals surface area contributed by atoms with Crippen LogP contribution >= 0.6 is 54.5 Å². The van der Waals surface area contributed by atoms with E-state index in [-0.39, 0.29) is 5.78 Å². The molecular weight excluding hydrogens is 473 g/mol. The summed E-state index contributed by atoms with van der Waals surface area (Å²) in [6.07, 6.45) is 0. The third kappa shape index (κ3) is 2.95. The number of benzene rings is 2. The van der Waals surface area contributed by atoms with Crippen molar-refractivity contribution in [2.75, 3.05) is 5.73 Å². The Hall–Kier alpha value is -0.400. The molecule has 0 saturated carbocycles. The van der Waals surface area contributed by atoms with Crippen molar-refractivity contribution in [2.24, 2.45) is 0 Å². The van der Waals surface area contributed by atoms with Gasteiger partial charge in [-0.3, -0.25) is 4.79 Å². The minimum atomic E-state index is -0.0126. The molecule has 5 heteroatoms. The van der Waals surface area contributed by atoms with Gasteiger partial charge in [-0.1, -0.05) is 15.9 Å². The van der Waals surface area contributed by atoms with Crippen LogP contribution in [0.25, 0.3) is 0 Å². The summed E-state index contributed by atoms with van der Waals surface area (Å²) in [6, 6.07) is 10.9. The van der Waals surface area contributed by atoms with Crippen molar-refractivity contribution < 1.29 is 4.79 Å². The molecule has 0 radical (unpaired) electrons. The van der Waals surface area contributed by atoms with Gasteiger partial charge >= 0.3 is 0 Å². The van der Waals surface area contributed by atoms with Crippen LogP contribution in [0.1, 0.15) is 15.9 Å². The minimum absolute atomic E-state index is 0.0126. The van der Waals surface area contributed by atoms with E-state index in [1.54, 1.807) is 18.2 Å². The highest BCUT2D eigenvalue weighted by molar-refractivity contribution is 14.1. The highest BCUT2D eigenvalue weighted by Crippen LogP contribution is 2.25. The molecule has 2 rings (SSSR count). The number of hydrogen-bond acceptors (Lipinski definition) is 2. The quantitative estimate of drug-likeness (QED) is 0.387. The molecular formula is C13H8Br2INO. The first kappa shape index (κ1) is 14.0. The smallest absolute Gasteiger partial charge is 0.194 e. The third-order valence-corrected chi connectivity index (χ3v) is 4.56. The van der Waals surface area contributed by atoms with Gasteiger partial charge in [-0.15, -0.1) is 0 Å². The van der Waals surface area contributed by atoms with Crippen molar-refractivity contribution in [1.29, 1.82) is 0 Å². The van der Waals surface area contributed by atoms with E-state index >= 15 is 0 Å². The molecule has 0 aliphatic rings. The second kappa shape index (κ2) is 5.71. The van der Waals surface area contributed by atoms with Crippen LogP contribution in [0.4, 0.5) is 5.69 Å². The number of hydrogen-bond donors (Lipinski definition) is 1. The highest BCUT2D eigenvalue weighted by Gasteiger charge is 2.13. The lowest BCUT2D eigenvalue weighted by molar-refractivity contribution is 0.103. The van der Waals surface area contributed by atoms with Crippen LogP contribution in [0.3, 0.4) is 0 Å². The van der Waals surface area contributed by atoms with Crippen LogP contribution in [0, 0.1) is 3.57 Å². The Morgan fingerprint density at radius 3 is 2.50 bits per heavy atom. The Labute approximate surface area is 135 Å². The molecule has 0 bridgehead atoms. The van der Waals surface area contributed by atoms with E-state index in [0.29, 0.717) is 16.8 Å². The fourth-order valence-corrected chi connectivity index (χ4v) is 2.82. The van der Waals surface area contributed by atoms with Crippen molar-refractivity contribution in [2.45, 2.75) is 0 Å². The van der Waals surface area contributed by atoms with Gasteiger partial charge in [0.1, 0.15) is 0 Å². The molecule has 0 amide bonds. The van der Waals surface area contributed by atoms with Crippen LogP contribution in [0.15, 0.2) is 45.3 Å². The molecule has 0 fully saturated rings. The SMILES string of the molecule is Nc1ccc(C(=O)c2cc(Br)ccc2I)cc1Br. The zero-order valence-corrected chi connectivity index (χ0v) is 14.4. The predicted molar refractivity (Wildman–Crippen MR) is 88.8 cm³/mol.